The monoisotopic (exact) mass is 530 g/mol. The predicted molar refractivity (Wildman–Crippen MR) is 135 cm³/mol. The number of likely N-dealkylation sites (tertiary alicyclic amines) is 1. The van der Waals surface area contributed by atoms with E-state index in [1.54, 1.807) is 0 Å². The molecule has 1 atom stereocenters. The number of morpholine rings is 1. The molecule has 7 nitrogen and oxygen atoms in total. The highest BCUT2D eigenvalue weighted by molar-refractivity contribution is 14.0. The molecule has 8 heteroatoms. The number of anilines is 1. The molecule has 0 bridgehead atoms. The van der Waals surface area contributed by atoms with Gasteiger partial charge in [0.05, 0.1) is 19.3 Å². The number of rotatable bonds is 6. The number of piperidine rings is 1. The van der Waals surface area contributed by atoms with Crippen molar-refractivity contribution in [3.05, 3.63) is 23.9 Å². The molecule has 170 valence electrons. The summed E-state index contributed by atoms with van der Waals surface area (Å²) in [5.74, 6) is 1.93. The third-order valence-corrected chi connectivity index (χ3v) is 5.74. The fourth-order valence-electron chi connectivity index (χ4n) is 3.97. The van der Waals surface area contributed by atoms with E-state index in [9.17, 15) is 0 Å². The van der Waals surface area contributed by atoms with E-state index in [0.29, 0.717) is 18.6 Å². The Morgan fingerprint density at radius 2 is 2.03 bits per heavy atom. The highest BCUT2D eigenvalue weighted by Gasteiger charge is 2.21. The first-order valence-corrected chi connectivity index (χ1v) is 11.2. The van der Waals surface area contributed by atoms with Gasteiger partial charge in [-0.3, -0.25) is 0 Å². The molecule has 0 spiro atoms. The molecule has 2 saturated heterocycles. The smallest absolute Gasteiger partial charge is 0.191 e. The van der Waals surface area contributed by atoms with Gasteiger partial charge in [0.2, 0.25) is 0 Å². The van der Waals surface area contributed by atoms with E-state index in [1.807, 2.05) is 6.20 Å². The van der Waals surface area contributed by atoms with Crippen LogP contribution in [-0.2, 0) is 11.3 Å². The Morgan fingerprint density at radius 3 is 2.63 bits per heavy atom. The molecule has 3 heterocycles. The lowest BCUT2D eigenvalue weighted by atomic mass is 10.0. The number of aromatic nitrogens is 1. The van der Waals surface area contributed by atoms with Gasteiger partial charge in [-0.2, -0.15) is 0 Å². The molecule has 2 N–H and O–H groups in total. The van der Waals surface area contributed by atoms with E-state index >= 15 is 0 Å². The SMILES string of the molecule is CCNC(=NCc1ccc(N2CCOC(C)C2)nc1)NC1CCN(C(C)C)CC1.I. The zero-order chi connectivity index (χ0) is 20.6. The molecule has 2 fully saturated rings. The first-order valence-electron chi connectivity index (χ1n) is 11.2. The lowest BCUT2D eigenvalue weighted by Crippen LogP contribution is -2.49. The zero-order valence-electron chi connectivity index (χ0n) is 18.9. The Morgan fingerprint density at radius 1 is 1.27 bits per heavy atom. The maximum absolute atomic E-state index is 5.62. The third kappa shape index (κ3) is 7.53. The van der Waals surface area contributed by atoms with Crippen LogP contribution in [0.15, 0.2) is 23.3 Å². The Bertz CT molecular complexity index is 646. The topological polar surface area (TPSA) is 65.0 Å². The molecule has 1 aromatic heterocycles. The second kappa shape index (κ2) is 12.7. The Hall–Kier alpha value is -1.13. The van der Waals surface area contributed by atoms with Gasteiger partial charge in [0.1, 0.15) is 5.82 Å². The molecule has 0 aliphatic carbocycles. The minimum Gasteiger partial charge on any atom is -0.375 e. The van der Waals surface area contributed by atoms with Gasteiger partial charge in [0.15, 0.2) is 5.96 Å². The van der Waals surface area contributed by atoms with Crippen LogP contribution in [0.2, 0.25) is 0 Å². The van der Waals surface area contributed by atoms with Crippen molar-refractivity contribution < 1.29 is 4.74 Å². The summed E-state index contributed by atoms with van der Waals surface area (Å²) in [5, 5.41) is 7.01. The molecule has 0 radical (unpaired) electrons. The lowest BCUT2D eigenvalue weighted by molar-refractivity contribution is 0.0529. The number of guanidine groups is 1. The van der Waals surface area contributed by atoms with Crippen LogP contribution in [0.1, 0.15) is 46.1 Å². The van der Waals surface area contributed by atoms with Crippen molar-refractivity contribution in [1.29, 1.82) is 0 Å². The van der Waals surface area contributed by atoms with Crippen molar-refractivity contribution in [2.24, 2.45) is 4.99 Å². The van der Waals surface area contributed by atoms with Crippen molar-refractivity contribution in [1.82, 2.24) is 20.5 Å². The zero-order valence-corrected chi connectivity index (χ0v) is 21.3. The predicted octanol–water partition coefficient (Wildman–Crippen LogP) is 2.85. The van der Waals surface area contributed by atoms with Crippen LogP contribution < -0.4 is 15.5 Å². The number of halogens is 1. The maximum Gasteiger partial charge on any atom is 0.191 e. The number of ether oxygens (including phenoxy) is 1. The van der Waals surface area contributed by atoms with Crippen LogP contribution in [0.4, 0.5) is 5.82 Å². The minimum atomic E-state index is 0. The van der Waals surface area contributed by atoms with E-state index in [1.165, 1.54) is 0 Å². The number of nitrogens with zero attached hydrogens (tertiary/aromatic N) is 4. The molecular weight excluding hydrogens is 491 g/mol. The quantitative estimate of drug-likeness (QED) is 0.335. The van der Waals surface area contributed by atoms with Gasteiger partial charge >= 0.3 is 0 Å². The van der Waals surface area contributed by atoms with Gasteiger partial charge in [-0.1, -0.05) is 6.07 Å². The van der Waals surface area contributed by atoms with Gasteiger partial charge in [-0.05, 0) is 52.2 Å². The summed E-state index contributed by atoms with van der Waals surface area (Å²) in [5.41, 5.74) is 1.13. The maximum atomic E-state index is 5.62. The van der Waals surface area contributed by atoms with Crippen molar-refractivity contribution >= 4 is 35.8 Å². The molecule has 3 rings (SSSR count). The van der Waals surface area contributed by atoms with Crippen LogP contribution in [0, 0.1) is 0 Å². The number of hydrogen-bond donors (Lipinski definition) is 2. The highest BCUT2D eigenvalue weighted by atomic mass is 127. The minimum absolute atomic E-state index is 0. The van der Waals surface area contributed by atoms with E-state index in [2.05, 4.69) is 65.2 Å². The summed E-state index contributed by atoms with van der Waals surface area (Å²) in [6.07, 6.45) is 4.54. The van der Waals surface area contributed by atoms with Crippen LogP contribution in [0.5, 0.6) is 0 Å². The molecule has 0 aromatic carbocycles. The molecule has 30 heavy (non-hydrogen) atoms. The Kier molecular flexibility index (Phi) is 10.6. The Labute approximate surface area is 199 Å². The summed E-state index contributed by atoms with van der Waals surface area (Å²) in [6.45, 7) is 15.1. The van der Waals surface area contributed by atoms with Crippen molar-refractivity contribution in [3.8, 4) is 0 Å². The summed E-state index contributed by atoms with van der Waals surface area (Å²) >= 11 is 0. The molecule has 1 unspecified atom stereocenters. The van der Waals surface area contributed by atoms with E-state index in [0.717, 1.165) is 69.5 Å². The molecular formula is C22H39IN6O. The normalized spacial score (nSPS) is 21.4. The first kappa shape index (κ1) is 25.1. The number of hydrogen-bond acceptors (Lipinski definition) is 5. The third-order valence-electron chi connectivity index (χ3n) is 5.74. The fourth-order valence-corrected chi connectivity index (χ4v) is 3.97. The van der Waals surface area contributed by atoms with Gasteiger partial charge in [0, 0.05) is 51.0 Å². The summed E-state index contributed by atoms with van der Waals surface area (Å²) in [7, 11) is 0. The lowest BCUT2D eigenvalue weighted by Gasteiger charge is -2.35. The van der Waals surface area contributed by atoms with Crippen molar-refractivity contribution in [3.63, 3.8) is 0 Å². The molecule has 0 amide bonds. The molecule has 2 aliphatic heterocycles. The van der Waals surface area contributed by atoms with Gasteiger partial charge in [-0.15, -0.1) is 24.0 Å². The second-order valence-corrected chi connectivity index (χ2v) is 8.40. The van der Waals surface area contributed by atoms with Crippen LogP contribution >= 0.6 is 24.0 Å². The molecule has 0 saturated carbocycles. The summed E-state index contributed by atoms with van der Waals surface area (Å²) in [4.78, 5) is 14.3. The highest BCUT2D eigenvalue weighted by Crippen LogP contribution is 2.16. The van der Waals surface area contributed by atoms with E-state index in [4.69, 9.17) is 9.73 Å². The van der Waals surface area contributed by atoms with Gasteiger partial charge in [-0.25, -0.2) is 9.98 Å². The van der Waals surface area contributed by atoms with Gasteiger partial charge < -0.3 is 25.2 Å². The standard InChI is InChI=1S/C22H38N6O.HI/c1-5-23-22(26-20-8-10-27(11-9-20)17(2)3)25-15-19-6-7-21(24-14-19)28-12-13-29-18(4)16-28;/h6-7,14,17-18,20H,5,8-13,15-16H2,1-4H3,(H2,23,25,26);1H. The first-order chi connectivity index (χ1) is 14.0. The number of pyridine rings is 1. The molecule has 1 aromatic rings. The van der Waals surface area contributed by atoms with Crippen molar-refractivity contribution in [2.75, 3.05) is 44.2 Å². The Balaban J connectivity index is 0.00000320. The van der Waals surface area contributed by atoms with Gasteiger partial charge in [0.25, 0.3) is 0 Å². The second-order valence-electron chi connectivity index (χ2n) is 8.40. The summed E-state index contributed by atoms with van der Waals surface area (Å²) in [6, 6.07) is 5.36. The van der Waals surface area contributed by atoms with Crippen LogP contribution in [0.25, 0.3) is 0 Å². The van der Waals surface area contributed by atoms with Crippen molar-refractivity contribution in [2.45, 2.75) is 65.3 Å². The fraction of sp³-hybridized carbons (Fsp3) is 0.727. The molecule has 2 aliphatic rings. The number of nitrogens with one attached hydrogen (secondary N) is 2. The average Bonchev–Trinajstić information content (AvgIpc) is 2.73. The van der Waals surface area contributed by atoms with Crippen LogP contribution in [-0.4, -0.2) is 73.4 Å². The van der Waals surface area contributed by atoms with E-state index in [-0.39, 0.29) is 30.1 Å². The average molecular weight is 530 g/mol. The van der Waals surface area contributed by atoms with Crippen LogP contribution in [0.3, 0.4) is 0 Å². The number of aliphatic imine (C=N–C) groups is 1. The summed E-state index contributed by atoms with van der Waals surface area (Å²) < 4.78 is 5.62. The largest absolute Gasteiger partial charge is 0.375 e. The van der Waals surface area contributed by atoms with E-state index < -0.39 is 0 Å².